The van der Waals surface area contributed by atoms with Crippen LogP contribution >= 0.6 is 11.8 Å². The lowest BCUT2D eigenvalue weighted by molar-refractivity contribution is -0.118. The molecule has 0 aliphatic carbocycles. The van der Waals surface area contributed by atoms with E-state index >= 15 is 0 Å². The van der Waals surface area contributed by atoms with E-state index in [0.717, 1.165) is 49.8 Å². The Morgan fingerprint density at radius 1 is 1.17 bits per heavy atom. The molecule has 2 rings (SSSR count). The van der Waals surface area contributed by atoms with E-state index in [1.54, 1.807) is 0 Å². The van der Waals surface area contributed by atoms with Crippen molar-refractivity contribution in [2.45, 2.75) is 51.2 Å². The Labute approximate surface area is 148 Å². The molecule has 1 aromatic heterocycles. The number of thioether (sulfide) groups is 1. The van der Waals surface area contributed by atoms with Crippen molar-refractivity contribution in [3.8, 4) is 0 Å². The van der Waals surface area contributed by atoms with E-state index in [-0.39, 0.29) is 5.91 Å². The van der Waals surface area contributed by atoms with Crippen molar-refractivity contribution in [3.63, 3.8) is 0 Å². The fourth-order valence-corrected chi connectivity index (χ4v) is 3.18. The second-order valence-corrected chi connectivity index (χ2v) is 6.65. The van der Waals surface area contributed by atoms with E-state index in [0.29, 0.717) is 5.75 Å². The van der Waals surface area contributed by atoms with Crippen molar-refractivity contribution in [2.75, 3.05) is 12.3 Å². The molecule has 24 heavy (non-hydrogen) atoms. The number of rotatable bonds is 10. The molecule has 0 aliphatic rings. The molecule has 1 aromatic carbocycles. The van der Waals surface area contributed by atoms with Gasteiger partial charge in [-0.1, -0.05) is 62.4 Å². The molecule has 1 N–H and O–H groups in total. The van der Waals surface area contributed by atoms with E-state index in [1.165, 1.54) is 17.3 Å². The van der Waals surface area contributed by atoms with Crippen molar-refractivity contribution in [1.82, 2.24) is 20.1 Å². The zero-order chi connectivity index (χ0) is 17.2. The maximum Gasteiger partial charge on any atom is 0.230 e. The Morgan fingerprint density at radius 2 is 1.96 bits per heavy atom. The molecule has 2 aromatic rings. The molecular weight excluding hydrogens is 320 g/mol. The number of hydrogen-bond acceptors (Lipinski definition) is 4. The summed E-state index contributed by atoms with van der Waals surface area (Å²) in [6.45, 7) is 5.87. The third kappa shape index (κ3) is 5.67. The van der Waals surface area contributed by atoms with Crippen molar-refractivity contribution in [1.29, 1.82) is 0 Å². The minimum atomic E-state index is 0.0594. The predicted molar refractivity (Wildman–Crippen MR) is 98.2 cm³/mol. The van der Waals surface area contributed by atoms with E-state index in [2.05, 4.69) is 46.1 Å². The summed E-state index contributed by atoms with van der Waals surface area (Å²) < 4.78 is 2.14. The fourth-order valence-electron chi connectivity index (χ4n) is 2.37. The topological polar surface area (TPSA) is 59.8 Å². The van der Waals surface area contributed by atoms with Gasteiger partial charge in [0.15, 0.2) is 5.16 Å². The molecule has 1 heterocycles. The smallest absolute Gasteiger partial charge is 0.230 e. The van der Waals surface area contributed by atoms with Crippen LogP contribution in [-0.4, -0.2) is 33.0 Å². The highest BCUT2D eigenvalue weighted by atomic mass is 32.2. The number of nitrogens with zero attached hydrogens (tertiary/aromatic N) is 3. The van der Waals surface area contributed by atoms with Gasteiger partial charge in [0, 0.05) is 19.5 Å². The maximum atomic E-state index is 11.9. The highest BCUT2D eigenvalue weighted by Gasteiger charge is 2.14. The number of hydrogen-bond donors (Lipinski definition) is 1. The van der Waals surface area contributed by atoms with Crippen LogP contribution in [0.2, 0.25) is 0 Å². The highest BCUT2D eigenvalue weighted by molar-refractivity contribution is 7.99. The van der Waals surface area contributed by atoms with Crippen LogP contribution in [0.5, 0.6) is 0 Å². The molecule has 0 saturated heterocycles. The molecule has 0 spiro atoms. The van der Waals surface area contributed by atoms with Gasteiger partial charge in [0.2, 0.25) is 5.91 Å². The maximum absolute atomic E-state index is 11.9. The van der Waals surface area contributed by atoms with Gasteiger partial charge in [-0.2, -0.15) is 0 Å². The Bertz CT molecular complexity index is 627. The van der Waals surface area contributed by atoms with Gasteiger partial charge >= 0.3 is 0 Å². The van der Waals surface area contributed by atoms with Crippen LogP contribution in [0.4, 0.5) is 0 Å². The first-order chi connectivity index (χ1) is 11.7. The first-order valence-electron chi connectivity index (χ1n) is 8.60. The zero-order valence-electron chi connectivity index (χ0n) is 14.5. The first kappa shape index (κ1) is 18.5. The minimum absolute atomic E-state index is 0.0594. The van der Waals surface area contributed by atoms with Gasteiger partial charge < -0.3 is 9.88 Å². The summed E-state index contributed by atoms with van der Waals surface area (Å²) >= 11 is 1.46. The second-order valence-electron chi connectivity index (χ2n) is 5.70. The number of nitrogens with one attached hydrogen (secondary N) is 1. The number of aromatic nitrogens is 3. The van der Waals surface area contributed by atoms with E-state index in [9.17, 15) is 4.79 Å². The molecule has 6 heteroatoms. The number of carbonyl (C=O) groups is 1. The van der Waals surface area contributed by atoms with Crippen molar-refractivity contribution >= 4 is 17.7 Å². The monoisotopic (exact) mass is 346 g/mol. The van der Waals surface area contributed by atoms with Gasteiger partial charge in [-0.3, -0.25) is 4.79 Å². The summed E-state index contributed by atoms with van der Waals surface area (Å²) in [5.74, 6) is 1.40. The SMILES string of the molecule is CCCCNC(=O)CSc1nnc(Cc2ccccc2)n1CCC. The summed E-state index contributed by atoms with van der Waals surface area (Å²) in [5, 5.41) is 12.4. The number of carbonyl (C=O) groups excluding carboxylic acids is 1. The van der Waals surface area contributed by atoms with Crippen LogP contribution < -0.4 is 5.32 Å². The largest absolute Gasteiger partial charge is 0.355 e. The molecule has 0 unspecified atom stereocenters. The lowest BCUT2D eigenvalue weighted by Gasteiger charge is -2.09. The molecule has 5 nitrogen and oxygen atoms in total. The molecular formula is C18H26N4OS. The normalized spacial score (nSPS) is 10.8. The van der Waals surface area contributed by atoms with Crippen LogP contribution in [0.15, 0.2) is 35.5 Å². The third-order valence-electron chi connectivity index (χ3n) is 3.63. The molecule has 1 amide bonds. The molecule has 130 valence electrons. The van der Waals surface area contributed by atoms with Crippen LogP contribution in [0.3, 0.4) is 0 Å². The fraction of sp³-hybridized carbons (Fsp3) is 0.500. The van der Waals surface area contributed by atoms with Crippen molar-refractivity contribution in [2.24, 2.45) is 0 Å². The van der Waals surface area contributed by atoms with Crippen molar-refractivity contribution in [3.05, 3.63) is 41.7 Å². The molecule has 0 radical (unpaired) electrons. The standard InChI is InChI=1S/C18H26N4OS/c1-3-5-11-19-17(23)14-24-18-21-20-16(22(18)12-4-2)13-15-9-7-6-8-10-15/h6-10H,3-5,11-14H2,1-2H3,(H,19,23). The lowest BCUT2D eigenvalue weighted by Crippen LogP contribution is -2.26. The molecule has 0 fully saturated rings. The Kier molecular flexibility index (Phi) is 7.82. The third-order valence-corrected chi connectivity index (χ3v) is 4.60. The summed E-state index contributed by atoms with van der Waals surface area (Å²) in [4.78, 5) is 11.9. The highest BCUT2D eigenvalue weighted by Crippen LogP contribution is 2.19. The Morgan fingerprint density at radius 3 is 2.67 bits per heavy atom. The van der Waals surface area contributed by atoms with Gasteiger partial charge in [0.25, 0.3) is 0 Å². The molecule has 0 saturated carbocycles. The zero-order valence-corrected chi connectivity index (χ0v) is 15.3. The van der Waals surface area contributed by atoms with E-state index in [1.807, 2.05) is 18.2 Å². The summed E-state index contributed by atoms with van der Waals surface area (Å²) in [7, 11) is 0. The van der Waals surface area contributed by atoms with Crippen LogP contribution in [0.25, 0.3) is 0 Å². The average molecular weight is 347 g/mol. The molecule has 0 aliphatic heterocycles. The molecule has 0 atom stereocenters. The van der Waals surface area contributed by atoms with E-state index < -0.39 is 0 Å². The van der Waals surface area contributed by atoms with Crippen LogP contribution in [-0.2, 0) is 17.8 Å². The quantitative estimate of drug-likeness (QED) is 0.530. The lowest BCUT2D eigenvalue weighted by atomic mass is 10.1. The minimum Gasteiger partial charge on any atom is -0.355 e. The van der Waals surface area contributed by atoms with Crippen LogP contribution in [0.1, 0.15) is 44.5 Å². The van der Waals surface area contributed by atoms with Crippen LogP contribution in [0, 0.1) is 0 Å². The van der Waals surface area contributed by atoms with Gasteiger partial charge in [-0.25, -0.2) is 0 Å². The molecule has 0 bridgehead atoms. The second kappa shape index (κ2) is 10.1. The Balaban J connectivity index is 1.98. The van der Waals surface area contributed by atoms with Gasteiger partial charge in [0.1, 0.15) is 5.82 Å². The number of unbranched alkanes of at least 4 members (excludes halogenated alkanes) is 1. The Hall–Kier alpha value is -1.82. The summed E-state index contributed by atoms with van der Waals surface area (Å²) in [6, 6.07) is 10.3. The summed E-state index contributed by atoms with van der Waals surface area (Å²) in [6.07, 6.45) is 3.87. The van der Waals surface area contributed by atoms with E-state index in [4.69, 9.17) is 0 Å². The number of amides is 1. The predicted octanol–water partition coefficient (Wildman–Crippen LogP) is 3.29. The summed E-state index contributed by atoms with van der Waals surface area (Å²) in [5.41, 5.74) is 1.22. The van der Waals surface area contributed by atoms with Crippen molar-refractivity contribution < 1.29 is 4.79 Å². The average Bonchev–Trinajstić information content (AvgIpc) is 2.96. The first-order valence-corrected chi connectivity index (χ1v) is 9.58. The van der Waals surface area contributed by atoms with Gasteiger partial charge in [-0.05, 0) is 18.4 Å². The van der Waals surface area contributed by atoms with Gasteiger partial charge in [-0.15, -0.1) is 10.2 Å². The number of benzene rings is 1. The van der Waals surface area contributed by atoms with Gasteiger partial charge in [0.05, 0.1) is 5.75 Å².